The van der Waals surface area contributed by atoms with E-state index < -0.39 is 0 Å². The van der Waals surface area contributed by atoms with Gasteiger partial charge in [-0.15, -0.1) is 0 Å². The fraction of sp³-hybridized carbons (Fsp3) is 0.929. The first-order valence-electron chi connectivity index (χ1n) is 7.36. The van der Waals surface area contributed by atoms with Gasteiger partial charge in [-0.05, 0) is 38.6 Å². The number of carbonyl (C=O) groups is 1. The number of ether oxygens (including phenoxy) is 1. The Morgan fingerprint density at radius 2 is 2.11 bits per heavy atom. The fourth-order valence-corrected chi connectivity index (χ4v) is 3.32. The highest BCUT2D eigenvalue weighted by Crippen LogP contribution is 2.38. The van der Waals surface area contributed by atoms with Crippen molar-refractivity contribution in [2.45, 2.75) is 69.4 Å². The Morgan fingerprint density at radius 3 is 2.83 bits per heavy atom. The van der Waals surface area contributed by atoms with E-state index in [1.807, 2.05) is 0 Å². The van der Waals surface area contributed by atoms with Gasteiger partial charge in [0.1, 0.15) is 0 Å². The van der Waals surface area contributed by atoms with Crippen molar-refractivity contribution in [2.24, 2.45) is 5.73 Å². The molecule has 1 spiro atoms. The second-order valence-electron chi connectivity index (χ2n) is 5.81. The van der Waals surface area contributed by atoms with Gasteiger partial charge in [-0.2, -0.15) is 0 Å². The number of primary amides is 1. The van der Waals surface area contributed by atoms with Crippen LogP contribution in [-0.2, 0) is 9.53 Å². The minimum absolute atomic E-state index is 0.165. The van der Waals surface area contributed by atoms with Gasteiger partial charge in [0.15, 0.2) is 0 Å². The Hall–Kier alpha value is -0.610. The van der Waals surface area contributed by atoms with Crippen LogP contribution in [0.2, 0.25) is 0 Å². The summed E-state index contributed by atoms with van der Waals surface area (Å²) >= 11 is 0. The second kappa shape index (κ2) is 6.53. The van der Waals surface area contributed by atoms with E-state index in [1.165, 1.54) is 32.1 Å². The van der Waals surface area contributed by atoms with Crippen LogP contribution in [-0.4, -0.2) is 30.7 Å². The lowest BCUT2D eigenvalue weighted by Crippen LogP contribution is -2.48. The molecule has 3 N–H and O–H groups in total. The summed E-state index contributed by atoms with van der Waals surface area (Å²) in [4.78, 5) is 10.7. The summed E-state index contributed by atoms with van der Waals surface area (Å²) in [6.07, 6.45) is 10.0. The van der Waals surface area contributed by atoms with Crippen molar-refractivity contribution in [1.82, 2.24) is 5.32 Å². The number of amides is 1. The van der Waals surface area contributed by atoms with Crippen molar-refractivity contribution in [1.29, 1.82) is 0 Å². The molecule has 0 aromatic heterocycles. The van der Waals surface area contributed by atoms with E-state index in [-0.39, 0.29) is 11.5 Å². The van der Waals surface area contributed by atoms with Crippen LogP contribution in [0.25, 0.3) is 0 Å². The number of nitrogens with two attached hydrogens (primary N) is 1. The lowest BCUT2D eigenvalue weighted by Gasteiger charge is -2.43. The summed E-state index contributed by atoms with van der Waals surface area (Å²) in [6, 6.07) is 0.560. The molecule has 4 nitrogen and oxygen atoms in total. The molecule has 1 aliphatic heterocycles. The molecule has 1 saturated heterocycles. The Labute approximate surface area is 110 Å². The van der Waals surface area contributed by atoms with Crippen LogP contribution >= 0.6 is 0 Å². The first-order chi connectivity index (χ1) is 8.70. The van der Waals surface area contributed by atoms with Crippen LogP contribution in [0.15, 0.2) is 0 Å². The van der Waals surface area contributed by atoms with E-state index in [1.54, 1.807) is 0 Å². The quantitative estimate of drug-likeness (QED) is 0.734. The third-order valence-electron chi connectivity index (χ3n) is 4.29. The van der Waals surface area contributed by atoms with Gasteiger partial charge >= 0.3 is 0 Å². The van der Waals surface area contributed by atoms with E-state index in [9.17, 15) is 4.79 Å². The molecule has 0 aromatic rings. The minimum Gasteiger partial charge on any atom is -0.375 e. The maximum Gasteiger partial charge on any atom is 0.217 e. The lowest BCUT2D eigenvalue weighted by atomic mass is 9.78. The zero-order valence-corrected chi connectivity index (χ0v) is 11.2. The lowest BCUT2D eigenvalue weighted by molar-refractivity contribution is -0.118. The highest BCUT2D eigenvalue weighted by Gasteiger charge is 2.38. The van der Waals surface area contributed by atoms with Crippen LogP contribution in [0.4, 0.5) is 0 Å². The zero-order chi connectivity index (χ0) is 12.8. The Bertz CT molecular complexity index is 269. The van der Waals surface area contributed by atoms with E-state index >= 15 is 0 Å². The smallest absolute Gasteiger partial charge is 0.217 e. The van der Waals surface area contributed by atoms with Gasteiger partial charge < -0.3 is 15.8 Å². The van der Waals surface area contributed by atoms with Crippen molar-refractivity contribution in [3.05, 3.63) is 0 Å². The van der Waals surface area contributed by atoms with Gasteiger partial charge in [-0.25, -0.2) is 0 Å². The van der Waals surface area contributed by atoms with Crippen LogP contribution in [0.3, 0.4) is 0 Å². The molecule has 1 aliphatic carbocycles. The van der Waals surface area contributed by atoms with Crippen molar-refractivity contribution < 1.29 is 9.53 Å². The summed E-state index contributed by atoms with van der Waals surface area (Å²) in [6.45, 7) is 1.77. The van der Waals surface area contributed by atoms with Crippen LogP contribution in [0.1, 0.15) is 57.8 Å². The number of carbonyl (C=O) groups excluding carboxylic acids is 1. The van der Waals surface area contributed by atoms with Gasteiger partial charge in [0, 0.05) is 19.1 Å². The van der Waals surface area contributed by atoms with Crippen LogP contribution in [0, 0.1) is 0 Å². The summed E-state index contributed by atoms with van der Waals surface area (Å²) < 4.78 is 6.07. The molecular weight excluding hydrogens is 228 g/mol. The molecule has 0 aromatic carbocycles. The fourth-order valence-electron chi connectivity index (χ4n) is 3.32. The summed E-state index contributed by atoms with van der Waals surface area (Å²) in [5, 5.41) is 3.56. The average molecular weight is 254 g/mol. The van der Waals surface area contributed by atoms with Crippen molar-refractivity contribution in [2.75, 3.05) is 13.2 Å². The molecule has 0 bridgehead atoms. The van der Waals surface area contributed by atoms with E-state index in [0.29, 0.717) is 12.5 Å². The van der Waals surface area contributed by atoms with Crippen LogP contribution in [0.5, 0.6) is 0 Å². The minimum atomic E-state index is -0.201. The molecule has 104 valence electrons. The number of hydrogen-bond acceptors (Lipinski definition) is 3. The van der Waals surface area contributed by atoms with Crippen molar-refractivity contribution in [3.63, 3.8) is 0 Å². The Balaban J connectivity index is 1.71. The normalized spacial score (nSPS) is 27.2. The second-order valence-corrected chi connectivity index (χ2v) is 5.81. The largest absolute Gasteiger partial charge is 0.375 e. The molecule has 2 fully saturated rings. The monoisotopic (exact) mass is 254 g/mol. The summed E-state index contributed by atoms with van der Waals surface area (Å²) in [5.74, 6) is -0.201. The predicted molar refractivity (Wildman–Crippen MR) is 71.2 cm³/mol. The third kappa shape index (κ3) is 3.95. The molecular formula is C14H26N2O2. The highest BCUT2D eigenvalue weighted by molar-refractivity contribution is 5.73. The van der Waals surface area contributed by atoms with Gasteiger partial charge in [0.05, 0.1) is 5.60 Å². The SMILES string of the molecule is NC(=O)CCCNC1CCOC2(CCCCC2)C1. The Kier molecular flexibility index (Phi) is 5.01. The first-order valence-corrected chi connectivity index (χ1v) is 7.36. The summed E-state index contributed by atoms with van der Waals surface area (Å²) in [7, 11) is 0. The van der Waals surface area contributed by atoms with E-state index in [4.69, 9.17) is 10.5 Å². The van der Waals surface area contributed by atoms with Crippen LogP contribution < -0.4 is 11.1 Å². The molecule has 0 radical (unpaired) electrons. The van der Waals surface area contributed by atoms with Crippen molar-refractivity contribution >= 4 is 5.91 Å². The van der Waals surface area contributed by atoms with Gasteiger partial charge in [-0.3, -0.25) is 4.79 Å². The predicted octanol–water partition coefficient (Wildman–Crippen LogP) is 1.72. The van der Waals surface area contributed by atoms with Gasteiger partial charge in [-0.1, -0.05) is 19.3 Å². The Morgan fingerprint density at radius 1 is 1.33 bits per heavy atom. The van der Waals surface area contributed by atoms with E-state index in [2.05, 4.69) is 5.32 Å². The average Bonchev–Trinajstić information content (AvgIpc) is 2.36. The molecule has 1 amide bonds. The molecule has 4 heteroatoms. The third-order valence-corrected chi connectivity index (χ3v) is 4.29. The maximum absolute atomic E-state index is 10.7. The summed E-state index contributed by atoms with van der Waals surface area (Å²) in [5.41, 5.74) is 5.30. The van der Waals surface area contributed by atoms with Gasteiger partial charge in [0.25, 0.3) is 0 Å². The molecule has 2 rings (SSSR count). The molecule has 2 aliphatic rings. The highest BCUT2D eigenvalue weighted by atomic mass is 16.5. The number of rotatable bonds is 5. The van der Waals surface area contributed by atoms with Gasteiger partial charge in [0.2, 0.25) is 5.91 Å². The molecule has 1 heterocycles. The molecule has 18 heavy (non-hydrogen) atoms. The topological polar surface area (TPSA) is 64.4 Å². The molecule has 1 atom stereocenters. The molecule has 1 saturated carbocycles. The van der Waals surface area contributed by atoms with E-state index in [0.717, 1.165) is 32.4 Å². The number of nitrogens with one attached hydrogen (secondary N) is 1. The first kappa shape index (κ1) is 13.8. The van der Waals surface area contributed by atoms with Crippen molar-refractivity contribution in [3.8, 4) is 0 Å². The molecule has 1 unspecified atom stereocenters. The maximum atomic E-state index is 10.7. The number of hydrogen-bond donors (Lipinski definition) is 2. The standard InChI is InChI=1S/C14H26N2O2/c15-13(17)5-4-9-16-12-6-10-18-14(11-12)7-2-1-3-8-14/h12,16H,1-11H2,(H2,15,17). The zero-order valence-electron chi connectivity index (χ0n) is 11.2.